The van der Waals surface area contributed by atoms with Crippen LogP contribution in [0, 0.1) is 5.92 Å². The first-order valence-electron chi connectivity index (χ1n) is 11.9. The second-order valence-corrected chi connectivity index (χ2v) is 9.39. The number of rotatable bonds is 6. The second-order valence-electron chi connectivity index (χ2n) is 9.39. The van der Waals surface area contributed by atoms with Crippen LogP contribution in [0.1, 0.15) is 53.8 Å². The average Bonchev–Trinajstić information content (AvgIpc) is 3.29. The molecular formula is C27H31N3O3. The molecule has 1 atom stereocenters. The van der Waals surface area contributed by atoms with Gasteiger partial charge in [-0.05, 0) is 73.4 Å². The van der Waals surface area contributed by atoms with Crippen LogP contribution < -0.4 is 5.32 Å². The van der Waals surface area contributed by atoms with Gasteiger partial charge >= 0.3 is 0 Å². The normalized spacial score (nSPS) is 20.7. The highest BCUT2D eigenvalue weighted by atomic mass is 16.3. The number of piperidine rings is 1. The lowest BCUT2D eigenvalue weighted by Crippen LogP contribution is -2.44. The van der Waals surface area contributed by atoms with Gasteiger partial charge in [-0.2, -0.15) is 0 Å². The molecule has 5 rings (SSSR count). The molecule has 1 fully saturated rings. The van der Waals surface area contributed by atoms with E-state index in [-0.39, 0.29) is 11.7 Å². The smallest absolute Gasteiger partial charge is 0.287 e. The quantitative estimate of drug-likeness (QED) is 0.550. The van der Waals surface area contributed by atoms with Crippen LogP contribution in [0.15, 0.2) is 65.4 Å². The van der Waals surface area contributed by atoms with Crippen molar-refractivity contribution in [2.24, 2.45) is 5.92 Å². The molecule has 2 aliphatic rings. The third-order valence-electron chi connectivity index (χ3n) is 7.03. The van der Waals surface area contributed by atoms with E-state index >= 15 is 0 Å². The Labute approximate surface area is 194 Å². The number of hydrogen-bond acceptors (Lipinski definition) is 5. The highest BCUT2D eigenvalue weighted by Gasteiger charge is 2.34. The lowest BCUT2D eigenvalue weighted by molar-refractivity contribution is -0.0289. The summed E-state index contributed by atoms with van der Waals surface area (Å²) < 4.78 is 5.77. The Morgan fingerprint density at radius 2 is 2.09 bits per heavy atom. The van der Waals surface area contributed by atoms with Gasteiger partial charge < -0.3 is 19.7 Å². The second kappa shape index (κ2) is 9.49. The van der Waals surface area contributed by atoms with E-state index in [2.05, 4.69) is 27.4 Å². The minimum Gasteiger partial charge on any atom is -0.451 e. The van der Waals surface area contributed by atoms with Crippen LogP contribution >= 0.6 is 0 Å². The Balaban J connectivity index is 1.23. The van der Waals surface area contributed by atoms with E-state index in [0.717, 1.165) is 54.9 Å². The molecule has 2 N–H and O–H groups in total. The third-order valence-corrected chi connectivity index (χ3v) is 7.03. The Bertz CT molecular complexity index is 1130. The lowest BCUT2D eigenvalue weighted by Gasteiger charge is -2.40. The molecule has 172 valence electrons. The van der Waals surface area contributed by atoms with E-state index in [0.29, 0.717) is 12.1 Å². The largest absolute Gasteiger partial charge is 0.451 e. The van der Waals surface area contributed by atoms with E-state index in [1.54, 1.807) is 18.5 Å². The lowest BCUT2D eigenvalue weighted by atomic mass is 9.83. The molecule has 0 radical (unpaired) electrons. The molecule has 1 aliphatic heterocycles. The number of allylic oxidation sites excluding steroid dienone is 2. The van der Waals surface area contributed by atoms with Gasteiger partial charge in [0.1, 0.15) is 5.58 Å². The van der Waals surface area contributed by atoms with Crippen molar-refractivity contribution in [1.29, 1.82) is 0 Å². The van der Waals surface area contributed by atoms with Gasteiger partial charge in [0.15, 0.2) is 5.76 Å². The fraction of sp³-hybridized carbons (Fsp3) is 0.407. The first-order chi connectivity index (χ1) is 16.1. The van der Waals surface area contributed by atoms with Crippen molar-refractivity contribution in [1.82, 2.24) is 15.2 Å². The summed E-state index contributed by atoms with van der Waals surface area (Å²) in [7, 11) is 0. The SMILES string of the molecule is O=C(NCc1cccnc1)c1cc2cc(C3(O)CCN(C[C@@H]4CC=CCC4)CC3)ccc2o1. The number of hydrogen-bond donors (Lipinski definition) is 2. The number of carbonyl (C=O) groups is 1. The third kappa shape index (κ3) is 5.02. The molecule has 3 aromatic rings. The minimum absolute atomic E-state index is 0.263. The Morgan fingerprint density at radius 1 is 1.21 bits per heavy atom. The van der Waals surface area contributed by atoms with E-state index in [9.17, 15) is 9.90 Å². The van der Waals surface area contributed by atoms with Gasteiger partial charge in [0.2, 0.25) is 0 Å². The van der Waals surface area contributed by atoms with Crippen LogP contribution in [0.3, 0.4) is 0 Å². The van der Waals surface area contributed by atoms with E-state index in [4.69, 9.17) is 4.42 Å². The van der Waals surface area contributed by atoms with E-state index in [1.165, 1.54) is 19.3 Å². The van der Waals surface area contributed by atoms with Crippen LogP contribution in [0.25, 0.3) is 11.0 Å². The van der Waals surface area contributed by atoms with Gasteiger partial charge in [0, 0.05) is 44.0 Å². The van der Waals surface area contributed by atoms with Gasteiger partial charge in [0.25, 0.3) is 5.91 Å². The van der Waals surface area contributed by atoms with Crippen molar-refractivity contribution in [3.63, 3.8) is 0 Å². The van der Waals surface area contributed by atoms with E-state index in [1.807, 2.05) is 30.3 Å². The van der Waals surface area contributed by atoms with Crippen molar-refractivity contribution in [3.05, 3.63) is 77.8 Å². The molecule has 6 heteroatoms. The summed E-state index contributed by atoms with van der Waals surface area (Å²) in [5.74, 6) is 0.752. The predicted octanol–water partition coefficient (Wildman–Crippen LogP) is 4.40. The number of aromatic nitrogens is 1. The molecule has 0 spiro atoms. The Hall–Kier alpha value is -2.96. The summed E-state index contributed by atoms with van der Waals surface area (Å²) in [4.78, 5) is 19.1. The predicted molar refractivity (Wildman–Crippen MR) is 128 cm³/mol. The van der Waals surface area contributed by atoms with E-state index < -0.39 is 5.60 Å². The van der Waals surface area contributed by atoms with Crippen LogP contribution in [0.2, 0.25) is 0 Å². The number of furan rings is 1. The number of benzene rings is 1. The maximum atomic E-state index is 12.6. The van der Waals surface area contributed by atoms with Crippen LogP contribution in [0.5, 0.6) is 0 Å². The zero-order valence-corrected chi connectivity index (χ0v) is 18.9. The van der Waals surface area contributed by atoms with Gasteiger partial charge in [-0.1, -0.05) is 24.3 Å². The molecule has 1 aromatic carbocycles. The number of nitrogens with one attached hydrogen (secondary N) is 1. The topological polar surface area (TPSA) is 78.6 Å². The van der Waals surface area contributed by atoms with Crippen molar-refractivity contribution in [2.45, 2.75) is 44.2 Å². The average molecular weight is 446 g/mol. The maximum Gasteiger partial charge on any atom is 0.287 e. The number of fused-ring (bicyclic) bond motifs is 1. The summed E-state index contributed by atoms with van der Waals surface area (Å²) in [6.45, 7) is 3.32. The summed E-state index contributed by atoms with van der Waals surface area (Å²) in [5, 5.41) is 15.1. The number of nitrogens with zero attached hydrogens (tertiary/aromatic N) is 2. The Kier molecular flexibility index (Phi) is 6.29. The summed E-state index contributed by atoms with van der Waals surface area (Å²) >= 11 is 0. The van der Waals surface area contributed by atoms with Crippen LogP contribution in [0.4, 0.5) is 0 Å². The Morgan fingerprint density at radius 3 is 2.85 bits per heavy atom. The fourth-order valence-electron chi connectivity index (χ4n) is 5.00. The van der Waals surface area contributed by atoms with Crippen molar-refractivity contribution < 1.29 is 14.3 Å². The summed E-state index contributed by atoms with van der Waals surface area (Å²) in [6.07, 6.45) is 13.1. The van der Waals surface area contributed by atoms with Crippen molar-refractivity contribution >= 4 is 16.9 Å². The molecule has 2 aromatic heterocycles. The number of aliphatic hydroxyl groups is 1. The summed E-state index contributed by atoms with van der Waals surface area (Å²) in [6, 6.07) is 11.3. The minimum atomic E-state index is -0.836. The summed E-state index contributed by atoms with van der Waals surface area (Å²) in [5.41, 5.74) is 1.64. The number of amides is 1. The van der Waals surface area contributed by atoms with Gasteiger partial charge in [0.05, 0.1) is 5.60 Å². The standard InChI is InChI=1S/C27H31N3O3/c31-26(29-18-21-7-4-12-28-17-21)25-16-22-15-23(8-9-24(22)33-25)27(32)10-13-30(14-11-27)19-20-5-2-1-3-6-20/h1-2,4,7-9,12,15-17,20,32H,3,5-6,10-11,13-14,18-19H2,(H,29,31)/t20-/m1/s1. The highest BCUT2D eigenvalue weighted by Crippen LogP contribution is 2.35. The molecule has 1 amide bonds. The molecule has 0 bridgehead atoms. The van der Waals surface area contributed by atoms with Crippen molar-refractivity contribution in [2.75, 3.05) is 19.6 Å². The van der Waals surface area contributed by atoms with Crippen LogP contribution in [-0.2, 0) is 12.1 Å². The molecule has 1 saturated heterocycles. The molecule has 0 saturated carbocycles. The maximum absolute atomic E-state index is 12.6. The first kappa shape index (κ1) is 21.9. The molecule has 0 unspecified atom stereocenters. The van der Waals surface area contributed by atoms with Gasteiger partial charge in [-0.25, -0.2) is 0 Å². The van der Waals surface area contributed by atoms with Gasteiger partial charge in [-0.15, -0.1) is 0 Å². The zero-order valence-electron chi connectivity index (χ0n) is 18.9. The number of likely N-dealkylation sites (tertiary alicyclic amines) is 1. The number of pyridine rings is 1. The fourth-order valence-corrected chi connectivity index (χ4v) is 5.00. The van der Waals surface area contributed by atoms with Gasteiger partial charge in [-0.3, -0.25) is 9.78 Å². The molecule has 33 heavy (non-hydrogen) atoms. The molecule has 3 heterocycles. The number of carbonyl (C=O) groups excluding carboxylic acids is 1. The molecular weight excluding hydrogens is 414 g/mol. The highest BCUT2D eigenvalue weighted by molar-refractivity contribution is 5.96. The van der Waals surface area contributed by atoms with Crippen molar-refractivity contribution in [3.8, 4) is 0 Å². The first-order valence-corrected chi connectivity index (χ1v) is 11.9. The zero-order chi connectivity index (χ0) is 22.7. The monoisotopic (exact) mass is 445 g/mol. The molecule has 6 nitrogen and oxygen atoms in total. The molecule has 1 aliphatic carbocycles. The van der Waals surface area contributed by atoms with Crippen LogP contribution in [-0.4, -0.2) is 40.5 Å².